The highest BCUT2D eigenvalue weighted by Crippen LogP contribution is 2.31. The first-order valence-corrected chi connectivity index (χ1v) is 9.96. The van der Waals surface area contributed by atoms with Crippen molar-refractivity contribution in [3.63, 3.8) is 0 Å². The molecule has 0 radical (unpaired) electrons. The Morgan fingerprint density at radius 3 is 2.69 bits per heavy atom. The molecule has 0 spiro atoms. The minimum Gasteiger partial charge on any atom is -0.496 e. The molecule has 2 rings (SSSR count). The summed E-state index contributed by atoms with van der Waals surface area (Å²) in [5.74, 6) is 0.849. The molecule has 5 heteroatoms. The van der Waals surface area contributed by atoms with Crippen LogP contribution < -0.4 is 15.8 Å². The van der Waals surface area contributed by atoms with Gasteiger partial charge in [-0.2, -0.15) is 0 Å². The molecule has 0 bridgehead atoms. The van der Waals surface area contributed by atoms with E-state index in [9.17, 15) is 4.79 Å². The summed E-state index contributed by atoms with van der Waals surface area (Å²) in [7, 11) is 1.70. The molecule has 4 nitrogen and oxygen atoms in total. The second kappa shape index (κ2) is 10.7. The lowest BCUT2D eigenvalue weighted by molar-refractivity contribution is -0.116. The van der Waals surface area contributed by atoms with E-state index in [1.165, 1.54) is 18.4 Å². The summed E-state index contributed by atoms with van der Waals surface area (Å²) >= 11 is 1.62. The van der Waals surface area contributed by atoms with Crippen LogP contribution in [-0.2, 0) is 17.6 Å². The highest BCUT2D eigenvalue weighted by Gasteiger charge is 2.10. The quantitative estimate of drug-likeness (QED) is 0.368. The lowest BCUT2D eigenvalue weighted by atomic mass is 10.1. The average molecular weight is 373 g/mol. The van der Waals surface area contributed by atoms with Gasteiger partial charge in [0.05, 0.1) is 7.11 Å². The summed E-state index contributed by atoms with van der Waals surface area (Å²) in [5.41, 5.74) is 8.79. The summed E-state index contributed by atoms with van der Waals surface area (Å²) in [5, 5.41) is 4.94. The third-order valence-corrected chi connectivity index (χ3v) is 5.19. The van der Waals surface area contributed by atoms with Gasteiger partial charge in [0.2, 0.25) is 5.91 Å². The predicted molar refractivity (Wildman–Crippen MR) is 111 cm³/mol. The Labute approximate surface area is 160 Å². The maximum atomic E-state index is 12.1. The second-order valence-corrected chi connectivity index (χ2v) is 7.13. The van der Waals surface area contributed by atoms with E-state index >= 15 is 0 Å². The molecular formula is C21H28N2O2S. The molecule has 1 amide bonds. The molecule has 0 aliphatic rings. The fourth-order valence-corrected chi connectivity index (χ4v) is 3.68. The summed E-state index contributed by atoms with van der Waals surface area (Å²) < 4.78 is 5.45. The number of nitrogens with one attached hydrogen (secondary N) is 1. The predicted octanol–water partition coefficient (Wildman–Crippen LogP) is 4.44. The van der Waals surface area contributed by atoms with Gasteiger partial charge in [-0.05, 0) is 43.0 Å². The van der Waals surface area contributed by atoms with Crippen molar-refractivity contribution < 1.29 is 9.53 Å². The Morgan fingerprint density at radius 1 is 1.23 bits per heavy atom. The molecule has 1 aromatic heterocycles. The first-order chi connectivity index (χ1) is 12.6. The second-order valence-electron chi connectivity index (χ2n) is 6.22. The highest BCUT2D eigenvalue weighted by molar-refractivity contribution is 7.11. The Balaban J connectivity index is 1.86. The van der Waals surface area contributed by atoms with E-state index < -0.39 is 0 Å². The zero-order valence-electron chi connectivity index (χ0n) is 15.6. The van der Waals surface area contributed by atoms with Gasteiger partial charge >= 0.3 is 0 Å². The Kier molecular flexibility index (Phi) is 8.22. The van der Waals surface area contributed by atoms with E-state index in [-0.39, 0.29) is 5.91 Å². The molecule has 0 aliphatic carbocycles. The molecule has 1 aromatic carbocycles. The third-order valence-electron chi connectivity index (χ3n) is 4.22. The number of benzene rings is 1. The van der Waals surface area contributed by atoms with Gasteiger partial charge in [-0.25, -0.2) is 0 Å². The van der Waals surface area contributed by atoms with Crippen LogP contribution in [-0.4, -0.2) is 19.6 Å². The van der Waals surface area contributed by atoms with Crippen LogP contribution in [0.1, 0.15) is 42.2 Å². The van der Waals surface area contributed by atoms with E-state index in [2.05, 4.69) is 12.2 Å². The van der Waals surface area contributed by atoms with Gasteiger partial charge < -0.3 is 15.8 Å². The zero-order chi connectivity index (χ0) is 18.8. The highest BCUT2D eigenvalue weighted by atomic mass is 32.1. The molecule has 26 heavy (non-hydrogen) atoms. The number of hydrogen-bond acceptors (Lipinski definition) is 4. The number of ether oxygens (including phenoxy) is 1. The van der Waals surface area contributed by atoms with Crippen LogP contribution in [0.15, 0.2) is 35.7 Å². The molecule has 3 N–H and O–H groups in total. The number of amides is 1. The van der Waals surface area contributed by atoms with Gasteiger partial charge in [-0.1, -0.05) is 31.9 Å². The van der Waals surface area contributed by atoms with Crippen LogP contribution >= 0.6 is 11.3 Å². The molecule has 0 aliphatic heterocycles. The van der Waals surface area contributed by atoms with Crippen molar-refractivity contribution in [3.8, 4) is 5.75 Å². The fraction of sp³-hybridized carbons (Fsp3) is 0.381. The number of carbonyl (C=O) groups is 1. The van der Waals surface area contributed by atoms with E-state index in [0.29, 0.717) is 6.54 Å². The topological polar surface area (TPSA) is 64.3 Å². The van der Waals surface area contributed by atoms with Crippen LogP contribution in [0.2, 0.25) is 0 Å². The number of rotatable bonds is 10. The lowest BCUT2D eigenvalue weighted by Gasteiger charge is -2.05. The first-order valence-electron chi connectivity index (χ1n) is 9.08. The SMILES string of the molecule is CCCCCc1c(OC)csc1C=CC(=O)NCCc1ccc(N)cc1. The van der Waals surface area contributed by atoms with E-state index in [1.54, 1.807) is 24.5 Å². The van der Waals surface area contributed by atoms with Gasteiger partial charge in [-0.3, -0.25) is 4.79 Å². The van der Waals surface area contributed by atoms with Crippen molar-refractivity contribution >= 4 is 29.0 Å². The van der Waals surface area contributed by atoms with Gasteiger partial charge in [0.15, 0.2) is 0 Å². The normalized spacial score (nSPS) is 11.0. The Hall–Kier alpha value is -2.27. The minimum absolute atomic E-state index is 0.0766. The molecule has 0 atom stereocenters. The number of carbonyl (C=O) groups excluding carboxylic acids is 1. The summed E-state index contributed by atoms with van der Waals surface area (Å²) in [6.07, 6.45) is 8.80. The summed E-state index contributed by atoms with van der Waals surface area (Å²) in [6.45, 7) is 2.80. The van der Waals surface area contributed by atoms with Crippen LogP contribution in [0.5, 0.6) is 5.75 Å². The number of nitrogen functional groups attached to an aromatic ring is 1. The first kappa shape index (κ1) is 20.0. The molecular weight excluding hydrogens is 344 g/mol. The van der Waals surface area contributed by atoms with Crippen LogP contribution in [0.3, 0.4) is 0 Å². The van der Waals surface area contributed by atoms with Gasteiger partial charge in [-0.15, -0.1) is 11.3 Å². The molecule has 1 heterocycles. The van der Waals surface area contributed by atoms with Crippen molar-refractivity contribution in [1.29, 1.82) is 0 Å². The largest absolute Gasteiger partial charge is 0.496 e. The number of methoxy groups -OCH3 is 1. The van der Waals surface area contributed by atoms with Crippen molar-refractivity contribution in [2.75, 3.05) is 19.4 Å². The molecule has 0 fully saturated rings. The molecule has 2 aromatic rings. The minimum atomic E-state index is -0.0766. The molecule has 0 saturated carbocycles. The van der Waals surface area contributed by atoms with Gasteiger partial charge in [0.25, 0.3) is 0 Å². The Morgan fingerprint density at radius 2 is 2.00 bits per heavy atom. The van der Waals surface area contributed by atoms with Crippen molar-refractivity contribution in [2.45, 2.75) is 39.0 Å². The average Bonchev–Trinajstić information content (AvgIpc) is 3.04. The summed E-state index contributed by atoms with van der Waals surface area (Å²) in [6, 6.07) is 7.72. The maximum absolute atomic E-state index is 12.1. The maximum Gasteiger partial charge on any atom is 0.244 e. The molecule has 0 saturated heterocycles. The van der Waals surface area contributed by atoms with Gasteiger partial charge in [0, 0.05) is 34.1 Å². The van der Waals surface area contributed by atoms with Crippen LogP contribution in [0.25, 0.3) is 6.08 Å². The third kappa shape index (κ3) is 6.23. The number of anilines is 1. The van der Waals surface area contributed by atoms with E-state index in [0.717, 1.165) is 41.1 Å². The standard InChI is InChI=1S/C21H28N2O2S/c1-3-4-5-6-18-19(25-2)15-26-20(18)11-12-21(24)23-14-13-16-7-9-17(22)10-8-16/h7-12,15H,3-6,13-14,22H2,1-2H3,(H,23,24). The lowest BCUT2D eigenvalue weighted by Crippen LogP contribution is -2.23. The summed E-state index contributed by atoms with van der Waals surface area (Å²) in [4.78, 5) is 13.2. The number of thiophene rings is 1. The van der Waals surface area contributed by atoms with Crippen molar-refractivity contribution in [1.82, 2.24) is 5.32 Å². The Bertz CT molecular complexity index is 720. The fourth-order valence-electron chi connectivity index (χ4n) is 2.71. The zero-order valence-corrected chi connectivity index (χ0v) is 16.4. The number of nitrogens with two attached hydrogens (primary N) is 1. The number of hydrogen-bond donors (Lipinski definition) is 2. The van der Waals surface area contributed by atoms with Crippen LogP contribution in [0.4, 0.5) is 5.69 Å². The molecule has 140 valence electrons. The van der Waals surface area contributed by atoms with Crippen molar-refractivity contribution in [3.05, 3.63) is 51.7 Å². The smallest absolute Gasteiger partial charge is 0.244 e. The van der Waals surface area contributed by atoms with Gasteiger partial charge in [0.1, 0.15) is 5.75 Å². The van der Waals surface area contributed by atoms with Crippen molar-refractivity contribution in [2.24, 2.45) is 0 Å². The molecule has 0 unspecified atom stereocenters. The monoisotopic (exact) mass is 372 g/mol. The van der Waals surface area contributed by atoms with Crippen LogP contribution in [0, 0.1) is 0 Å². The van der Waals surface area contributed by atoms with E-state index in [1.807, 2.05) is 35.7 Å². The van der Waals surface area contributed by atoms with E-state index in [4.69, 9.17) is 10.5 Å². The number of unbranched alkanes of at least 4 members (excludes halogenated alkanes) is 2.